The lowest BCUT2D eigenvalue weighted by molar-refractivity contribution is 0.0690. The summed E-state index contributed by atoms with van der Waals surface area (Å²) in [6.07, 6.45) is 3.98. The summed E-state index contributed by atoms with van der Waals surface area (Å²) < 4.78 is 0. The predicted octanol–water partition coefficient (Wildman–Crippen LogP) is 0.928. The zero-order valence-electron chi connectivity index (χ0n) is 10.5. The Morgan fingerprint density at radius 3 is 3.11 bits per heavy atom. The molecule has 6 heteroatoms. The molecule has 2 rings (SSSR count). The molecular formula is C12H18N4O2. The third kappa shape index (κ3) is 3.16. The summed E-state index contributed by atoms with van der Waals surface area (Å²) in [6, 6.07) is 0. The van der Waals surface area contributed by atoms with Gasteiger partial charge < -0.3 is 15.3 Å². The Balaban J connectivity index is 1.87. The Morgan fingerprint density at radius 1 is 1.61 bits per heavy atom. The third-order valence-corrected chi connectivity index (χ3v) is 3.24. The zero-order chi connectivity index (χ0) is 13.0. The number of carboxylic acids is 1. The number of nitrogens with one attached hydrogen (secondary N) is 1. The maximum Gasteiger partial charge on any atom is 0.356 e. The van der Waals surface area contributed by atoms with Crippen LogP contribution in [0.15, 0.2) is 12.4 Å². The summed E-state index contributed by atoms with van der Waals surface area (Å²) in [5.74, 6) is 0.0780. The van der Waals surface area contributed by atoms with Crippen LogP contribution in [0.5, 0.6) is 0 Å². The van der Waals surface area contributed by atoms with Gasteiger partial charge in [0.25, 0.3) is 0 Å². The lowest BCUT2D eigenvalue weighted by Gasteiger charge is -2.13. The molecule has 98 valence electrons. The van der Waals surface area contributed by atoms with E-state index >= 15 is 0 Å². The van der Waals surface area contributed by atoms with Crippen LogP contribution in [-0.2, 0) is 0 Å². The van der Waals surface area contributed by atoms with Gasteiger partial charge in [0, 0.05) is 13.1 Å². The first-order chi connectivity index (χ1) is 8.69. The van der Waals surface area contributed by atoms with Crippen molar-refractivity contribution in [1.82, 2.24) is 14.9 Å². The van der Waals surface area contributed by atoms with Crippen LogP contribution in [0.3, 0.4) is 0 Å². The average Bonchev–Trinajstić information content (AvgIpc) is 2.84. The second kappa shape index (κ2) is 5.77. The van der Waals surface area contributed by atoms with E-state index in [0.29, 0.717) is 11.7 Å². The van der Waals surface area contributed by atoms with E-state index in [0.717, 1.165) is 26.2 Å². The van der Waals surface area contributed by atoms with Gasteiger partial charge in [0.2, 0.25) is 0 Å². The Labute approximate surface area is 106 Å². The van der Waals surface area contributed by atoms with Crippen molar-refractivity contribution in [3.05, 3.63) is 18.1 Å². The van der Waals surface area contributed by atoms with Crippen molar-refractivity contribution in [3.63, 3.8) is 0 Å². The number of hydrogen-bond acceptors (Lipinski definition) is 5. The molecule has 1 aliphatic heterocycles. The highest BCUT2D eigenvalue weighted by molar-refractivity contribution is 5.85. The van der Waals surface area contributed by atoms with Crippen molar-refractivity contribution in [2.45, 2.75) is 13.3 Å². The molecule has 0 bridgehead atoms. The largest absolute Gasteiger partial charge is 0.476 e. The molecule has 1 fully saturated rings. The van der Waals surface area contributed by atoms with Crippen molar-refractivity contribution in [2.75, 3.05) is 31.5 Å². The predicted molar refractivity (Wildman–Crippen MR) is 67.7 cm³/mol. The van der Waals surface area contributed by atoms with E-state index in [1.807, 2.05) is 0 Å². The SMILES string of the molecule is CCN1CCC(CNc2cncc(C(=O)O)n2)C1. The smallest absolute Gasteiger partial charge is 0.356 e. The highest BCUT2D eigenvalue weighted by atomic mass is 16.4. The van der Waals surface area contributed by atoms with Crippen LogP contribution in [0.1, 0.15) is 23.8 Å². The van der Waals surface area contributed by atoms with Crippen LogP contribution < -0.4 is 5.32 Å². The van der Waals surface area contributed by atoms with E-state index in [2.05, 4.69) is 27.1 Å². The van der Waals surface area contributed by atoms with Crippen LogP contribution in [0.4, 0.5) is 5.82 Å². The van der Waals surface area contributed by atoms with Crippen molar-refractivity contribution >= 4 is 11.8 Å². The summed E-state index contributed by atoms with van der Waals surface area (Å²) >= 11 is 0. The monoisotopic (exact) mass is 250 g/mol. The highest BCUT2D eigenvalue weighted by Gasteiger charge is 2.20. The lowest BCUT2D eigenvalue weighted by Crippen LogP contribution is -2.22. The van der Waals surface area contributed by atoms with Crippen LogP contribution in [-0.4, -0.2) is 52.1 Å². The molecule has 1 aliphatic rings. The number of likely N-dealkylation sites (tertiary alicyclic amines) is 1. The molecule has 0 aliphatic carbocycles. The Bertz CT molecular complexity index is 424. The first-order valence-electron chi connectivity index (χ1n) is 6.20. The van der Waals surface area contributed by atoms with Crippen molar-refractivity contribution in [2.24, 2.45) is 5.92 Å². The van der Waals surface area contributed by atoms with E-state index in [-0.39, 0.29) is 5.69 Å². The second-order valence-corrected chi connectivity index (χ2v) is 4.52. The molecule has 1 atom stereocenters. The van der Waals surface area contributed by atoms with Gasteiger partial charge in [-0.25, -0.2) is 9.78 Å². The molecule has 2 heterocycles. The molecule has 18 heavy (non-hydrogen) atoms. The summed E-state index contributed by atoms with van der Waals surface area (Å²) in [5.41, 5.74) is -0.0263. The van der Waals surface area contributed by atoms with Crippen LogP contribution >= 0.6 is 0 Å². The molecule has 0 saturated carbocycles. The molecule has 0 spiro atoms. The van der Waals surface area contributed by atoms with Crippen molar-refractivity contribution in [1.29, 1.82) is 0 Å². The molecule has 0 aromatic carbocycles. The van der Waals surface area contributed by atoms with Gasteiger partial charge in [-0.2, -0.15) is 0 Å². The van der Waals surface area contributed by atoms with Gasteiger partial charge in [0.1, 0.15) is 5.82 Å². The number of carboxylic acid groups (broad SMARTS) is 1. The van der Waals surface area contributed by atoms with E-state index in [9.17, 15) is 4.79 Å². The number of nitrogens with zero attached hydrogens (tertiary/aromatic N) is 3. The number of aromatic carboxylic acids is 1. The van der Waals surface area contributed by atoms with Crippen LogP contribution in [0.2, 0.25) is 0 Å². The number of carbonyl (C=O) groups is 1. The normalized spacial score (nSPS) is 19.9. The average molecular weight is 250 g/mol. The third-order valence-electron chi connectivity index (χ3n) is 3.24. The van der Waals surface area contributed by atoms with Gasteiger partial charge in [0.05, 0.1) is 12.4 Å². The molecular weight excluding hydrogens is 232 g/mol. The topological polar surface area (TPSA) is 78.4 Å². The van der Waals surface area contributed by atoms with E-state index in [1.54, 1.807) is 6.20 Å². The van der Waals surface area contributed by atoms with Crippen LogP contribution in [0, 0.1) is 5.92 Å². The Kier molecular flexibility index (Phi) is 4.09. The van der Waals surface area contributed by atoms with Gasteiger partial charge in [-0.1, -0.05) is 6.92 Å². The van der Waals surface area contributed by atoms with Gasteiger partial charge in [-0.3, -0.25) is 4.98 Å². The first kappa shape index (κ1) is 12.8. The molecule has 0 radical (unpaired) electrons. The fourth-order valence-corrected chi connectivity index (χ4v) is 2.17. The standard InChI is InChI=1S/C12H18N4O2/c1-2-16-4-3-9(8-16)5-14-11-7-13-6-10(15-11)12(17)18/h6-7,9H,2-5,8H2,1H3,(H,14,15)(H,17,18). The molecule has 1 aromatic rings. The van der Waals surface area contributed by atoms with Crippen LogP contribution in [0.25, 0.3) is 0 Å². The maximum atomic E-state index is 10.8. The van der Waals surface area contributed by atoms with Crippen molar-refractivity contribution in [3.8, 4) is 0 Å². The first-order valence-corrected chi connectivity index (χ1v) is 6.20. The minimum atomic E-state index is -1.05. The lowest BCUT2D eigenvalue weighted by atomic mass is 10.1. The molecule has 0 amide bonds. The number of rotatable bonds is 5. The Hall–Kier alpha value is -1.69. The zero-order valence-corrected chi connectivity index (χ0v) is 10.5. The Morgan fingerprint density at radius 2 is 2.44 bits per heavy atom. The van der Waals surface area contributed by atoms with E-state index < -0.39 is 5.97 Å². The minimum Gasteiger partial charge on any atom is -0.476 e. The molecule has 1 unspecified atom stereocenters. The molecule has 1 aromatic heterocycles. The summed E-state index contributed by atoms with van der Waals surface area (Å²) in [7, 11) is 0. The highest BCUT2D eigenvalue weighted by Crippen LogP contribution is 2.16. The molecule has 2 N–H and O–H groups in total. The van der Waals surface area contributed by atoms with E-state index in [4.69, 9.17) is 5.11 Å². The number of hydrogen-bond donors (Lipinski definition) is 2. The minimum absolute atomic E-state index is 0.0263. The maximum absolute atomic E-state index is 10.8. The quantitative estimate of drug-likeness (QED) is 0.809. The van der Waals surface area contributed by atoms with Gasteiger partial charge in [0.15, 0.2) is 5.69 Å². The van der Waals surface area contributed by atoms with Crippen molar-refractivity contribution < 1.29 is 9.90 Å². The molecule has 6 nitrogen and oxygen atoms in total. The second-order valence-electron chi connectivity index (χ2n) is 4.52. The summed E-state index contributed by atoms with van der Waals surface area (Å²) in [4.78, 5) is 21.0. The number of aromatic nitrogens is 2. The van der Waals surface area contributed by atoms with E-state index in [1.165, 1.54) is 12.6 Å². The van der Waals surface area contributed by atoms with Gasteiger partial charge in [-0.15, -0.1) is 0 Å². The van der Waals surface area contributed by atoms with Gasteiger partial charge in [-0.05, 0) is 25.4 Å². The summed E-state index contributed by atoms with van der Waals surface area (Å²) in [6.45, 7) is 6.30. The fourth-order valence-electron chi connectivity index (χ4n) is 2.17. The molecule has 1 saturated heterocycles. The van der Waals surface area contributed by atoms with Gasteiger partial charge >= 0.3 is 5.97 Å². The number of anilines is 1. The summed E-state index contributed by atoms with van der Waals surface area (Å²) in [5, 5.41) is 12.0. The fraction of sp³-hybridized carbons (Fsp3) is 0.583.